The van der Waals surface area contributed by atoms with Crippen LogP contribution in [-0.2, 0) is 30.5 Å². The number of carbonyl (C=O) groups is 4. The molecule has 0 N–H and O–H groups in total. The molecule has 1 heterocycles. The summed E-state index contributed by atoms with van der Waals surface area (Å²) in [5.74, 6) is -2.30. The van der Waals surface area contributed by atoms with Gasteiger partial charge < -0.3 is 14.5 Å². The van der Waals surface area contributed by atoms with Gasteiger partial charge in [0.1, 0.15) is 6.04 Å². The highest BCUT2D eigenvalue weighted by Crippen LogP contribution is 2.38. The first-order valence-electron chi connectivity index (χ1n) is 10.7. The summed E-state index contributed by atoms with van der Waals surface area (Å²) in [4.78, 5) is 54.6. The van der Waals surface area contributed by atoms with Crippen molar-refractivity contribution >= 4 is 29.4 Å². The van der Waals surface area contributed by atoms with E-state index in [9.17, 15) is 19.2 Å². The minimum absolute atomic E-state index is 0.288. The van der Waals surface area contributed by atoms with E-state index < -0.39 is 18.6 Å². The number of hydrogen-bond donors (Lipinski definition) is 0. The molecule has 2 fully saturated rings. The summed E-state index contributed by atoms with van der Waals surface area (Å²) in [6.07, 6.45) is 3.22. The number of anilines is 1. The fourth-order valence-electron chi connectivity index (χ4n) is 4.30. The molecule has 0 radical (unpaired) electrons. The third-order valence-corrected chi connectivity index (χ3v) is 6.24. The zero-order valence-electron chi connectivity index (χ0n) is 18.7. The Kier molecular flexibility index (Phi) is 6.97. The Labute approximate surface area is 183 Å². The number of esters is 1. The molecule has 0 bridgehead atoms. The molecule has 8 heteroatoms. The van der Waals surface area contributed by atoms with Crippen molar-refractivity contribution in [2.45, 2.75) is 45.2 Å². The van der Waals surface area contributed by atoms with Gasteiger partial charge in [-0.15, -0.1) is 0 Å². The van der Waals surface area contributed by atoms with Crippen LogP contribution >= 0.6 is 0 Å². The van der Waals surface area contributed by atoms with Gasteiger partial charge in [0.2, 0.25) is 11.8 Å². The molecule has 0 spiro atoms. The van der Waals surface area contributed by atoms with Gasteiger partial charge >= 0.3 is 5.97 Å². The number of rotatable bonds is 7. The van der Waals surface area contributed by atoms with E-state index in [1.54, 1.807) is 7.05 Å². The summed E-state index contributed by atoms with van der Waals surface area (Å²) in [7, 11) is 5.55. The number of imide groups is 1. The van der Waals surface area contributed by atoms with Crippen LogP contribution in [0.3, 0.4) is 0 Å². The Bertz CT molecular complexity index is 827. The van der Waals surface area contributed by atoms with Crippen LogP contribution in [0.4, 0.5) is 5.69 Å². The summed E-state index contributed by atoms with van der Waals surface area (Å²) < 4.78 is 5.15. The van der Waals surface area contributed by atoms with Crippen LogP contribution in [0.5, 0.6) is 0 Å². The Balaban J connectivity index is 1.51. The minimum atomic E-state index is -1.03. The molecule has 1 aromatic rings. The lowest BCUT2D eigenvalue weighted by Gasteiger charge is -2.22. The predicted octanol–water partition coefficient (Wildman–Crippen LogP) is 1.82. The van der Waals surface area contributed by atoms with E-state index in [-0.39, 0.29) is 29.6 Å². The zero-order valence-corrected chi connectivity index (χ0v) is 18.7. The average Bonchev–Trinajstić information content (AvgIpc) is 3.02. The molecule has 1 aromatic carbocycles. The molecule has 0 unspecified atom stereocenters. The van der Waals surface area contributed by atoms with Crippen molar-refractivity contribution in [3.8, 4) is 0 Å². The Morgan fingerprint density at radius 3 is 2.10 bits per heavy atom. The predicted molar refractivity (Wildman–Crippen MR) is 115 cm³/mol. The fourth-order valence-corrected chi connectivity index (χ4v) is 4.30. The van der Waals surface area contributed by atoms with Crippen molar-refractivity contribution in [2.24, 2.45) is 11.8 Å². The number of nitrogens with zero attached hydrogens (tertiary/aromatic N) is 3. The monoisotopic (exact) mass is 429 g/mol. The zero-order chi connectivity index (χ0) is 22.7. The molecule has 1 saturated heterocycles. The van der Waals surface area contributed by atoms with Crippen molar-refractivity contribution < 1.29 is 23.9 Å². The molecule has 3 amide bonds. The average molecular weight is 430 g/mol. The third kappa shape index (κ3) is 4.89. The van der Waals surface area contributed by atoms with E-state index in [1.165, 1.54) is 11.8 Å². The molecule has 3 rings (SSSR count). The molecule has 0 aromatic heterocycles. The summed E-state index contributed by atoms with van der Waals surface area (Å²) in [6, 6.07) is 6.80. The maximum absolute atomic E-state index is 12.6. The van der Waals surface area contributed by atoms with Gasteiger partial charge in [0.05, 0.1) is 11.8 Å². The number of ether oxygens (including phenoxy) is 1. The lowest BCUT2D eigenvalue weighted by atomic mass is 9.81. The van der Waals surface area contributed by atoms with E-state index >= 15 is 0 Å². The molecular formula is C23H31N3O5. The third-order valence-electron chi connectivity index (χ3n) is 6.24. The maximum atomic E-state index is 12.6. The highest BCUT2D eigenvalue weighted by Gasteiger charge is 2.51. The topological polar surface area (TPSA) is 87.2 Å². The van der Waals surface area contributed by atoms with Crippen LogP contribution in [0, 0.1) is 11.8 Å². The fraction of sp³-hybridized carbons (Fsp3) is 0.565. The van der Waals surface area contributed by atoms with E-state index in [0.29, 0.717) is 19.4 Å². The van der Waals surface area contributed by atoms with Gasteiger partial charge in [-0.05, 0) is 37.5 Å². The van der Waals surface area contributed by atoms with Crippen LogP contribution in [0.15, 0.2) is 24.3 Å². The number of likely N-dealkylation sites (tertiary alicyclic amines) is 1. The molecular weight excluding hydrogens is 398 g/mol. The molecule has 31 heavy (non-hydrogen) atoms. The van der Waals surface area contributed by atoms with Crippen molar-refractivity contribution in [2.75, 3.05) is 32.6 Å². The van der Waals surface area contributed by atoms with Crippen LogP contribution < -0.4 is 4.90 Å². The van der Waals surface area contributed by atoms with Crippen LogP contribution in [-0.4, -0.2) is 67.3 Å². The number of amides is 3. The highest BCUT2D eigenvalue weighted by molar-refractivity contribution is 6.07. The van der Waals surface area contributed by atoms with Crippen LogP contribution in [0.25, 0.3) is 0 Å². The van der Waals surface area contributed by atoms with Gasteiger partial charge in [-0.3, -0.25) is 19.3 Å². The van der Waals surface area contributed by atoms with E-state index in [1.807, 2.05) is 43.3 Å². The SMILES string of the molecule is C[C@@H](C(=O)OCC(=O)N(C)Cc1ccc(N(C)C)cc1)N1C(=O)[C@H]2CCCC[C@H]2C1=O. The largest absolute Gasteiger partial charge is 0.454 e. The Morgan fingerprint density at radius 1 is 1.03 bits per heavy atom. The smallest absolute Gasteiger partial charge is 0.329 e. The minimum Gasteiger partial charge on any atom is -0.454 e. The number of hydrogen-bond acceptors (Lipinski definition) is 6. The summed E-state index contributed by atoms with van der Waals surface area (Å²) in [6.45, 7) is 1.43. The molecule has 168 valence electrons. The van der Waals surface area contributed by atoms with Crippen molar-refractivity contribution in [1.82, 2.24) is 9.80 Å². The van der Waals surface area contributed by atoms with Gasteiger partial charge in [0.15, 0.2) is 6.61 Å². The maximum Gasteiger partial charge on any atom is 0.329 e. The van der Waals surface area contributed by atoms with E-state index in [2.05, 4.69) is 0 Å². The molecule has 1 aliphatic carbocycles. The van der Waals surface area contributed by atoms with Gasteiger partial charge in [-0.25, -0.2) is 4.79 Å². The number of fused-ring (bicyclic) bond motifs is 1. The van der Waals surface area contributed by atoms with Gasteiger partial charge in [0.25, 0.3) is 5.91 Å². The summed E-state index contributed by atoms with van der Waals surface area (Å²) >= 11 is 0. The first-order valence-corrected chi connectivity index (χ1v) is 10.7. The molecule has 2 aliphatic rings. The quantitative estimate of drug-likeness (QED) is 0.485. The van der Waals surface area contributed by atoms with E-state index in [0.717, 1.165) is 29.0 Å². The number of likely N-dealkylation sites (N-methyl/N-ethyl adjacent to an activating group) is 1. The standard InChI is InChI=1S/C23H31N3O5/c1-15(26-21(28)18-7-5-6-8-19(18)22(26)29)23(30)31-14-20(27)25(4)13-16-9-11-17(12-10-16)24(2)3/h9-12,15,18-19H,5-8,13-14H2,1-4H3/t15-,18-,19+/m0/s1. The normalized spacial score (nSPS) is 21.5. The summed E-state index contributed by atoms with van der Waals surface area (Å²) in [5, 5.41) is 0. The lowest BCUT2D eigenvalue weighted by Crippen LogP contribution is -2.45. The van der Waals surface area contributed by atoms with Crippen molar-refractivity contribution in [3.05, 3.63) is 29.8 Å². The van der Waals surface area contributed by atoms with E-state index in [4.69, 9.17) is 4.74 Å². The Morgan fingerprint density at radius 2 is 1.58 bits per heavy atom. The summed E-state index contributed by atoms with van der Waals surface area (Å²) in [5.41, 5.74) is 2.02. The van der Waals surface area contributed by atoms with Crippen molar-refractivity contribution in [1.29, 1.82) is 0 Å². The molecule has 1 saturated carbocycles. The first-order chi connectivity index (χ1) is 14.7. The van der Waals surface area contributed by atoms with Gasteiger partial charge in [0, 0.05) is 33.4 Å². The Hall–Kier alpha value is -2.90. The second-order valence-electron chi connectivity index (χ2n) is 8.64. The van der Waals surface area contributed by atoms with Crippen molar-refractivity contribution in [3.63, 3.8) is 0 Å². The molecule has 1 aliphatic heterocycles. The lowest BCUT2D eigenvalue weighted by molar-refractivity contribution is -0.161. The van der Waals surface area contributed by atoms with Crippen LogP contribution in [0.2, 0.25) is 0 Å². The first kappa shape index (κ1) is 22.8. The number of benzene rings is 1. The van der Waals surface area contributed by atoms with Crippen LogP contribution in [0.1, 0.15) is 38.2 Å². The second-order valence-corrected chi connectivity index (χ2v) is 8.64. The van der Waals surface area contributed by atoms with Gasteiger partial charge in [-0.1, -0.05) is 25.0 Å². The second kappa shape index (κ2) is 9.49. The molecule has 3 atom stereocenters. The highest BCUT2D eigenvalue weighted by atomic mass is 16.5. The van der Waals surface area contributed by atoms with Gasteiger partial charge in [-0.2, -0.15) is 0 Å². The molecule has 8 nitrogen and oxygen atoms in total. The number of carbonyl (C=O) groups excluding carboxylic acids is 4.